The predicted octanol–water partition coefficient (Wildman–Crippen LogP) is 3.44. The third-order valence-electron chi connectivity index (χ3n) is 4.97. The van der Waals surface area contributed by atoms with Gasteiger partial charge in [-0.15, -0.1) is 11.3 Å². The van der Waals surface area contributed by atoms with Crippen molar-refractivity contribution >= 4 is 27.0 Å². The summed E-state index contributed by atoms with van der Waals surface area (Å²) in [6, 6.07) is 2.80. The van der Waals surface area contributed by atoms with Gasteiger partial charge in [-0.3, -0.25) is 4.90 Å². The number of aryl methyl sites for hydroxylation is 1. The normalized spacial score (nSPS) is 16.9. The Morgan fingerprint density at radius 1 is 1.31 bits per heavy atom. The number of hydrogen-bond donors (Lipinski definition) is 2. The number of anilines is 1. The molecule has 0 bridgehead atoms. The summed E-state index contributed by atoms with van der Waals surface area (Å²) in [4.78, 5) is 6.21. The van der Waals surface area contributed by atoms with Crippen molar-refractivity contribution in [3.05, 3.63) is 39.8 Å². The minimum atomic E-state index is -4.68. The van der Waals surface area contributed by atoms with E-state index in [0.717, 1.165) is 55.3 Å². The maximum Gasteiger partial charge on any atom is 0.418 e. The van der Waals surface area contributed by atoms with Gasteiger partial charge in [0.1, 0.15) is 0 Å². The lowest BCUT2D eigenvalue weighted by Crippen LogP contribution is -2.35. The second-order valence-corrected chi connectivity index (χ2v) is 9.83. The van der Waals surface area contributed by atoms with E-state index in [0.29, 0.717) is 12.6 Å². The largest absolute Gasteiger partial charge is 0.418 e. The summed E-state index contributed by atoms with van der Waals surface area (Å²) >= 11 is 1.62. The number of hydrogen-bond acceptors (Lipinski definition) is 6. The molecule has 6 nitrogen and oxygen atoms in total. The van der Waals surface area contributed by atoms with Crippen LogP contribution in [-0.2, 0) is 22.7 Å². The fourth-order valence-electron chi connectivity index (χ4n) is 3.40. The van der Waals surface area contributed by atoms with Crippen LogP contribution < -0.4 is 10.5 Å². The lowest BCUT2D eigenvalue weighted by atomic mass is 9.96. The van der Waals surface area contributed by atoms with Gasteiger partial charge in [0, 0.05) is 24.2 Å². The molecule has 1 saturated heterocycles. The van der Waals surface area contributed by atoms with E-state index in [2.05, 4.69) is 15.2 Å². The number of piperidine rings is 1. The highest BCUT2D eigenvalue weighted by Crippen LogP contribution is 2.36. The fourth-order valence-corrected chi connectivity index (χ4v) is 4.55. The number of benzene rings is 1. The zero-order chi connectivity index (χ0) is 21.2. The molecule has 0 spiro atoms. The molecule has 3 N–H and O–H groups in total. The quantitative estimate of drug-likeness (QED) is 0.707. The van der Waals surface area contributed by atoms with Crippen molar-refractivity contribution in [1.29, 1.82) is 0 Å². The van der Waals surface area contributed by atoms with E-state index in [4.69, 9.17) is 5.14 Å². The van der Waals surface area contributed by atoms with Gasteiger partial charge in [-0.25, -0.2) is 18.5 Å². The first kappa shape index (κ1) is 22.0. The van der Waals surface area contributed by atoms with E-state index in [1.54, 1.807) is 11.3 Å². The zero-order valence-corrected chi connectivity index (χ0v) is 17.5. The zero-order valence-electron chi connectivity index (χ0n) is 15.9. The van der Waals surface area contributed by atoms with Gasteiger partial charge in [0.2, 0.25) is 10.0 Å². The maximum atomic E-state index is 13.4. The molecular formula is C18H23F3N4O2S2. The minimum absolute atomic E-state index is 0.134. The van der Waals surface area contributed by atoms with Crippen LogP contribution in [0, 0.1) is 12.8 Å². The van der Waals surface area contributed by atoms with Gasteiger partial charge in [-0.1, -0.05) is 0 Å². The first-order valence-electron chi connectivity index (χ1n) is 9.13. The van der Waals surface area contributed by atoms with Gasteiger partial charge in [-0.05, 0) is 57.0 Å². The Kier molecular flexibility index (Phi) is 6.51. The lowest BCUT2D eigenvalue weighted by molar-refractivity contribution is -0.137. The van der Waals surface area contributed by atoms with Gasteiger partial charge in [0.15, 0.2) is 0 Å². The van der Waals surface area contributed by atoms with Crippen LogP contribution in [0.15, 0.2) is 28.5 Å². The predicted molar refractivity (Wildman–Crippen MR) is 106 cm³/mol. The number of nitrogens with one attached hydrogen (secondary N) is 1. The summed E-state index contributed by atoms with van der Waals surface area (Å²) in [6.07, 6.45) is -2.95. The van der Waals surface area contributed by atoms with Crippen molar-refractivity contribution in [3.63, 3.8) is 0 Å². The molecule has 0 aliphatic carbocycles. The molecule has 0 unspecified atom stereocenters. The average Bonchev–Trinajstić information content (AvgIpc) is 3.04. The SMILES string of the molecule is Cc1nc(CN2CCC(CNc3ccc(S(N)(=O)=O)cc3C(F)(F)F)CC2)cs1. The number of halogens is 3. The Labute approximate surface area is 172 Å². The van der Waals surface area contributed by atoms with E-state index in [9.17, 15) is 21.6 Å². The molecule has 160 valence electrons. The summed E-state index contributed by atoms with van der Waals surface area (Å²) in [5.74, 6) is 0.238. The van der Waals surface area contributed by atoms with E-state index in [-0.39, 0.29) is 11.6 Å². The number of alkyl halides is 3. The Morgan fingerprint density at radius 3 is 2.55 bits per heavy atom. The van der Waals surface area contributed by atoms with Crippen LogP contribution in [0.2, 0.25) is 0 Å². The van der Waals surface area contributed by atoms with Crippen molar-refractivity contribution in [2.75, 3.05) is 25.0 Å². The van der Waals surface area contributed by atoms with E-state index < -0.39 is 26.7 Å². The molecular weight excluding hydrogens is 425 g/mol. The minimum Gasteiger partial charge on any atom is -0.384 e. The van der Waals surface area contributed by atoms with Crippen molar-refractivity contribution in [2.45, 2.75) is 37.4 Å². The molecule has 0 radical (unpaired) electrons. The number of rotatable bonds is 6. The highest BCUT2D eigenvalue weighted by Gasteiger charge is 2.35. The number of sulfonamides is 1. The van der Waals surface area contributed by atoms with Crippen LogP contribution in [0.1, 0.15) is 29.1 Å². The van der Waals surface area contributed by atoms with Crippen molar-refractivity contribution < 1.29 is 21.6 Å². The Hall–Kier alpha value is -1.69. The van der Waals surface area contributed by atoms with E-state index in [1.165, 1.54) is 0 Å². The van der Waals surface area contributed by atoms with Crippen molar-refractivity contribution in [2.24, 2.45) is 11.1 Å². The Balaban J connectivity index is 1.59. The molecule has 0 saturated carbocycles. The van der Waals surface area contributed by atoms with Gasteiger partial charge in [-0.2, -0.15) is 13.2 Å². The van der Waals surface area contributed by atoms with Crippen molar-refractivity contribution in [3.8, 4) is 0 Å². The topological polar surface area (TPSA) is 88.3 Å². The molecule has 1 aromatic heterocycles. The second kappa shape index (κ2) is 8.58. The van der Waals surface area contributed by atoms with Gasteiger partial charge < -0.3 is 5.32 Å². The van der Waals surface area contributed by atoms with Gasteiger partial charge in [0.05, 0.1) is 21.2 Å². The molecule has 2 heterocycles. The smallest absolute Gasteiger partial charge is 0.384 e. The summed E-state index contributed by atoms with van der Waals surface area (Å²) in [5, 5.41) is 10.9. The first-order valence-corrected chi connectivity index (χ1v) is 11.6. The van der Waals surface area contributed by atoms with Crippen LogP contribution >= 0.6 is 11.3 Å². The summed E-state index contributed by atoms with van der Waals surface area (Å²) in [7, 11) is -4.21. The molecule has 0 amide bonds. The highest BCUT2D eigenvalue weighted by atomic mass is 32.2. The van der Waals surface area contributed by atoms with Crippen LogP contribution in [0.4, 0.5) is 18.9 Å². The number of primary sulfonamides is 1. The van der Waals surface area contributed by atoms with E-state index in [1.807, 2.05) is 12.3 Å². The monoisotopic (exact) mass is 448 g/mol. The van der Waals surface area contributed by atoms with Crippen molar-refractivity contribution in [1.82, 2.24) is 9.88 Å². The molecule has 29 heavy (non-hydrogen) atoms. The molecule has 1 aliphatic rings. The molecule has 11 heteroatoms. The fraction of sp³-hybridized carbons (Fsp3) is 0.500. The molecule has 1 fully saturated rings. The average molecular weight is 449 g/mol. The molecule has 3 rings (SSSR count). The van der Waals surface area contributed by atoms with Gasteiger partial charge in [0.25, 0.3) is 0 Å². The summed E-state index contributed by atoms with van der Waals surface area (Å²) in [6.45, 7) is 4.87. The molecule has 1 aliphatic heterocycles. The third kappa shape index (κ3) is 5.91. The summed E-state index contributed by atoms with van der Waals surface area (Å²) in [5.41, 5.74) is -0.112. The Morgan fingerprint density at radius 2 is 2.00 bits per heavy atom. The van der Waals surface area contributed by atoms with Crippen LogP contribution in [-0.4, -0.2) is 37.9 Å². The second-order valence-electron chi connectivity index (χ2n) is 7.21. The molecule has 0 atom stereocenters. The maximum absolute atomic E-state index is 13.4. The lowest BCUT2D eigenvalue weighted by Gasteiger charge is -2.32. The van der Waals surface area contributed by atoms with Gasteiger partial charge >= 0.3 is 6.18 Å². The standard InChI is InChI=1S/C18H23F3N4O2S2/c1-12-24-14(11-28-12)10-25-6-4-13(5-7-25)9-23-17-3-2-15(29(22,26)27)8-16(17)18(19,20)21/h2-3,8,11,13,23H,4-7,9-10H2,1H3,(H2,22,26,27). The van der Waals surface area contributed by atoms with E-state index >= 15 is 0 Å². The number of aromatic nitrogens is 1. The Bertz CT molecular complexity index is 952. The van der Waals surface area contributed by atoms with Crippen LogP contribution in [0.5, 0.6) is 0 Å². The number of thiazole rings is 1. The number of nitrogens with two attached hydrogens (primary N) is 1. The third-order valence-corrected chi connectivity index (χ3v) is 6.70. The van der Waals surface area contributed by atoms with Crippen LogP contribution in [0.25, 0.3) is 0 Å². The number of nitrogens with zero attached hydrogens (tertiary/aromatic N) is 2. The molecule has 1 aromatic carbocycles. The highest BCUT2D eigenvalue weighted by molar-refractivity contribution is 7.89. The van der Waals surface area contributed by atoms with Crippen LogP contribution in [0.3, 0.4) is 0 Å². The molecule has 2 aromatic rings. The number of likely N-dealkylation sites (tertiary alicyclic amines) is 1. The first-order chi connectivity index (χ1) is 13.5. The summed E-state index contributed by atoms with van der Waals surface area (Å²) < 4.78 is 62.8.